The van der Waals surface area contributed by atoms with E-state index in [1.54, 1.807) is 12.1 Å². The average Bonchev–Trinajstić information content (AvgIpc) is 2.92. The number of ether oxygens (including phenoxy) is 1. The van der Waals surface area contributed by atoms with E-state index in [-0.39, 0.29) is 28.5 Å². The Labute approximate surface area is 222 Å². The summed E-state index contributed by atoms with van der Waals surface area (Å²) < 4.78 is 5.41. The van der Waals surface area contributed by atoms with Crippen LogP contribution in [0.5, 0.6) is 0 Å². The monoisotopic (exact) mass is 527 g/mol. The first-order chi connectivity index (χ1) is 18.0. The molecule has 10 heteroatoms. The Bertz CT molecular complexity index is 1110. The number of carbonyl (C=O) groups excluding carboxylic acids is 1. The van der Waals surface area contributed by atoms with Crippen LogP contribution in [0.1, 0.15) is 17.5 Å². The Kier molecular flexibility index (Phi) is 8.24. The van der Waals surface area contributed by atoms with Gasteiger partial charge in [-0.25, -0.2) is 0 Å². The number of morpholine rings is 1. The van der Waals surface area contributed by atoms with E-state index in [2.05, 4.69) is 20.0 Å². The molecule has 2 fully saturated rings. The highest BCUT2D eigenvalue weighted by molar-refractivity contribution is 6.30. The van der Waals surface area contributed by atoms with Crippen LogP contribution in [0.4, 0.5) is 11.4 Å². The van der Waals surface area contributed by atoms with Gasteiger partial charge in [-0.3, -0.25) is 24.7 Å². The molecule has 0 aromatic heterocycles. The number of piperazine rings is 1. The number of non-ortho nitro benzene ring substituents is 1. The molecule has 9 nitrogen and oxygen atoms in total. The number of nitro benzene ring substituents is 1. The standard InChI is InChI=1S/C27H34ClN5O4/c28-22-4-2-20(3-5-22)18-31-10-11-32-25-7-6-23(33(35)36)16-21(25)17-24(26(32)19-31)27(34)29-8-1-9-30-12-14-37-15-13-30/h2-7,16,24,26H,1,8-15,17-19H2,(H,29,34)/t24-,26+/m1/s1. The third kappa shape index (κ3) is 6.23. The van der Waals surface area contributed by atoms with E-state index < -0.39 is 0 Å². The molecule has 1 amide bonds. The molecule has 3 aliphatic heterocycles. The Hall–Kier alpha value is -2.72. The average molecular weight is 528 g/mol. The number of carbonyl (C=O) groups is 1. The summed E-state index contributed by atoms with van der Waals surface area (Å²) in [5.74, 6) is -0.242. The highest BCUT2D eigenvalue weighted by Gasteiger charge is 2.41. The van der Waals surface area contributed by atoms with Crippen molar-refractivity contribution in [3.63, 3.8) is 0 Å². The molecule has 0 unspecified atom stereocenters. The van der Waals surface area contributed by atoms with E-state index >= 15 is 0 Å². The first kappa shape index (κ1) is 25.9. The summed E-state index contributed by atoms with van der Waals surface area (Å²) in [4.78, 5) is 31.6. The van der Waals surface area contributed by atoms with Crippen LogP contribution in [0.2, 0.25) is 5.02 Å². The van der Waals surface area contributed by atoms with Gasteiger partial charge in [0.1, 0.15) is 0 Å². The second-order valence-electron chi connectivity index (χ2n) is 10.1. The van der Waals surface area contributed by atoms with Crippen LogP contribution in [-0.4, -0.2) is 85.7 Å². The van der Waals surface area contributed by atoms with Crippen LogP contribution in [0.25, 0.3) is 0 Å². The van der Waals surface area contributed by atoms with Crippen molar-refractivity contribution < 1.29 is 14.5 Å². The summed E-state index contributed by atoms with van der Waals surface area (Å²) in [6.07, 6.45) is 1.39. The van der Waals surface area contributed by atoms with Gasteiger partial charge in [-0.2, -0.15) is 0 Å². The van der Waals surface area contributed by atoms with E-state index in [9.17, 15) is 14.9 Å². The number of nitrogens with zero attached hydrogens (tertiary/aromatic N) is 4. The van der Waals surface area contributed by atoms with Crippen LogP contribution in [0, 0.1) is 16.0 Å². The number of fused-ring (bicyclic) bond motifs is 3. The van der Waals surface area contributed by atoms with Gasteiger partial charge >= 0.3 is 0 Å². The van der Waals surface area contributed by atoms with Gasteiger partial charge in [0.25, 0.3) is 5.69 Å². The van der Waals surface area contributed by atoms with Gasteiger partial charge in [-0.15, -0.1) is 0 Å². The SMILES string of the molecule is O=C(NCCCN1CCOCC1)[C@@H]1Cc2cc([N+](=O)[O-])ccc2N2CCN(Cc3ccc(Cl)cc3)C[C@@H]12. The maximum atomic E-state index is 13.5. The summed E-state index contributed by atoms with van der Waals surface area (Å²) in [5, 5.41) is 15.3. The largest absolute Gasteiger partial charge is 0.379 e. The van der Waals surface area contributed by atoms with Crippen LogP contribution in [0.15, 0.2) is 42.5 Å². The molecule has 0 radical (unpaired) electrons. The second kappa shape index (κ2) is 11.8. The van der Waals surface area contributed by atoms with E-state index in [4.69, 9.17) is 16.3 Å². The van der Waals surface area contributed by atoms with Crippen LogP contribution in [-0.2, 0) is 22.5 Å². The molecule has 37 heavy (non-hydrogen) atoms. The van der Waals surface area contributed by atoms with Gasteiger partial charge < -0.3 is 15.0 Å². The number of benzene rings is 2. The quantitative estimate of drug-likeness (QED) is 0.320. The van der Waals surface area contributed by atoms with Gasteiger partial charge in [0.15, 0.2) is 0 Å². The van der Waals surface area contributed by atoms with Gasteiger partial charge in [0.05, 0.1) is 30.1 Å². The number of nitrogens with one attached hydrogen (secondary N) is 1. The zero-order valence-corrected chi connectivity index (χ0v) is 21.7. The highest BCUT2D eigenvalue weighted by atomic mass is 35.5. The molecule has 3 heterocycles. The lowest BCUT2D eigenvalue weighted by Gasteiger charge is -2.49. The minimum Gasteiger partial charge on any atom is -0.379 e. The van der Waals surface area contributed by atoms with Gasteiger partial charge in [-0.1, -0.05) is 23.7 Å². The fourth-order valence-corrected chi connectivity index (χ4v) is 5.87. The van der Waals surface area contributed by atoms with Crippen molar-refractivity contribution in [1.29, 1.82) is 0 Å². The molecule has 5 rings (SSSR count). The molecule has 0 spiro atoms. The predicted octanol–water partition coefficient (Wildman–Crippen LogP) is 2.95. The summed E-state index contributed by atoms with van der Waals surface area (Å²) in [6.45, 7) is 8.14. The Morgan fingerprint density at radius 2 is 1.86 bits per heavy atom. The third-order valence-electron chi connectivity index (χ3n) is 7.70. The van der Waals surface area contributed by atoms with Crippen molar-refractivity contribution in [1.82, 2.24) is 15.1 Å². The van der Waals surface area contributed by atoms with Crippen LogP contribution in [0.3, 0.4) is 0 Å². The molecule has 0 saturated carbocycles. The lowest BCUT2D eigenvalue weighted by Crippen LogP contribution is -2.61. The molecule has 1 N–H and O–H groups in total. The Morgan fingerprint density at radius 3 is 2.62 bits per heavy atom. The number of halogens is 1. The van der Waals surface area contributed by atoms with E-state index in [1.165, 1.54) is 5.56 Å². The number of hydrogen-bond donors (Lipinski definition) is 1. The first-order valence-electron chi connectivity index (χ1n) is 13.1. The topological polar surface area (TPSA) is 91.2 Å². The van der Waals surface area contributed by atoms with Gasteiger partial charge in [0.2, 0.25) is 5.91 Å². The first-order valence-corrected chi connectivity index (χ1v) is 13.4. The van der Waals surface area contributed by atoms with Crippen LogP contribution < -0.4 is 10.2 Å². The Morgan fingerprint density at radius 1 is 1.08 bits per heavy atom. The summed E-state index contributed by atoms with van der Waals surface area (Å²) >= 11 is 6.06. The molecule has 2 saturated heterocycles. The van der Waals surface area contributed by atoms with Crippen molar-refractivity contribution in [2.24, 2.45) is 5.92 Å². The summed E-state index contributed by atoms with van der Waals surface area (Å²) in [6, 6.07) is 13.0. The highest BCUT2D eigenvalue weighted by Crippen LogP contribution is 2.38. The number of rotatable bonds is 8. The molecular formula is C27H34ClN5O4. The Balaban J connectivity index is 1.28. The van der Waals surface area contributed by atoms with Crippen molar-refractivity contribution in [2.75, 3.05) is 63.9 Å². The molecule has 2 aromatic carbocycles. The van der Waals surface area contributed by atoms with Crippen molar-refractivity contribution in [2.45, 2.75) is 25.4 Å². The maximum absolute atomic E-state index is 13.5. The molecule has 0 aliphatic carbocycles. The lowest BCUT2D eigenvalue weighted by molar-refractivity contribution is -0.384. The molecule has 3 aliphatic rings. The second-order valence-corrected chi connectivity index (χ2v) is 10.5. The number of amides is 1. The summed E-state index contributed by atoms with van der Waals surface area (Å²) in [5.41, 5.74) is 3.15. The number of nitro groups is 1. The lowest BCUT2D eigenvalue weighted by atomic mass is 9.83. The maximum Gasteiger partial charge on any atom is 0.269 e. The van der Waals surface area contributed by atoms with Crippen molar-refractivity contribution in [3.05, 3.63) is 68.7 Å². The minimum absolute atomic E-state index is 0.00856. The normalized spacial score (nSPS) is 22.2. The van der Waals surface area contributed by atoms with E-state index in [1.807, 2.05) is 30.3 Å². The molecule has 2 aromatic rings. The number of anilines is 1. The van der Waals surface area contributed by atoms with Crippen LogP contribution >= 0.6 is 11.6 Å². The third-order valence-corrected chi connectivity index (χ3v) is 7.95. The fourth-order valence-electron chi connectivity index (χ4n) is 5.74. The van der Waals surface area contributed by atoms with Crippen molar-refractivity contribution in [3.8, 4) is 0 Å². The zero-order chi connectivity index (χ0) is 25.8. The predicted molar refractivity (Wildman–Crippen MR) is 143 cm³/mol. The molecule has 0 bridgehead atoms. The van der Waals surface area contributed by atoms with Crippen molar-refractivity contribution >= 4 is 28.9 Å². The minimum atomic E-state index is -0.364. The van der Waals surface area contributed by atoms with E-state index in [0.717, 1.165) is 81.7 Å². The van der Waals surface area contributed by atoms with Gasteiger partial charge in [0, 0.05) is 68.7 Å². The van der Waals surface area contributed by atoms with Gasteiger partial charge in [-0.05, 0) is 48.7 Å². The number of hydrogen-bond acceptors (Lipinski definition) is 7. The fraction of sp³-hybridized carbons (Fsp3) is 0.519. The smallest absolute Gasteiger partial charge is 0.269 e. The van der Waals surface area contributed by atoms with E-state index in [0.29, 0.717) is 13.0 Å². The molecule has 2 atom stereocenters. The molecule has 198 valence electrons. The molecular weight excluding hydrogens is 494 g/mol. The summed E-state index contributed by atoms with van der Waals surface area (Å²) in [7, 11) is 0. The zero-order valence-electron chi connectivity index (χ0n) is 21.0.